The molecule has 0 atom stereocenters. The van der Waals surface area contributed by atoms with Crippen molar-refractivity contribution in [3.05, 3.63) is 68.3 Å². The van der Waals surface area contributed by atoms with Gasteiger partial charge in [-0.1, -0.05) is 56.8 Å². The Labute approximate surface area is 186 Å². The number of unbranched alkanes of at least 4 members (excludes halogenated alkanes) is 5. The summed E-state index contributed by atoms with van der Waals surface area (Å²) in [5.41, 5.74) is 4.04. The van der Waals surface area contributed by atoms with Gasteiger partial charge in [0.2, 0.25) is 0 Å². The molecule has 4 heteroatoms. The van der Waals surface area contributed by atoms with Crippen molar-refractivity contribution < 1.29 is 9.66 Å². The summed E-state index contributed by atoms with van der Waals surface area (Å²) in [5, 5.41) is 11.4. The lowest BCUT2D eigenvalue weighted by atomic mass is 10.0. The second-order valence-corrected chi connectivity index (χ2v) is 7.66. The Hall–Kier alpha value is -3.24. The van der Waals surface area contributed by atoms with E-state index in [-0.39, 0.29) is 5.69 Å². The molecule has 2 rings (SSSR count). The van der Waals surface area contributed by atoms with Crippen LogP contribution in [0.3, 0.4) is 0 Å². The molecule has 0 N–H and O–H groups in total. The zero-order chi connectivity index (χ0) is 22.6. The van der Waals surface area contributed by atoms with Gasteiger partial charge in [-0.2, -0.15) is 0 Å². The SMILES string of the molecule is CC#Cc1ccc(C#Cc2cc(C)c(C)cc2OCCCCCCCC)cc1[N+](=O)[O-]. The average molecular weight is 418 g/mol. The topological polar surface area (TPSA) is 52.4 Å². The Morgan fingerprint density at radius 1 is 0.903 bits per heavy atom. The highest BCUT2D eigenvalue weighted by atomic mass is 16.6. The van der Waals surface area contributed by atoms with Crippen LogP contribution in [-0.2, 0) is 0 Å². The minimum Gasteiger partial charge on any atom is -0.492 e. The summed E-state index contributed by atoms with van der Waals surface area (Å²) >= 11 is 0. The van der Waals surface area contributed by atoms with Crippen LogP contribution in [0.1, 0.15) is 80.2 Å². The number of ether oxygens (including phenoxy) is 1. The standard InChI is InChI=1S/C27H31NO3/c1-5-7-8-9-10-11-17-31-27-19-22(4)21(3)18-25(27)16-14-23-13-15-24(12-6-2)26(20-23)28(29)30/h13,15,18-20H,5,7-11,17H2,1-4H3. The fraction of sp³-hybridized carbons (Fsp3) is 0.407. The fourth-order valence-corrected chi connectivity index (χ4v) is 3.21. The largest absolute Gasteiger partial charge is 0.492 e. The predicted molar refractivity (Wildman–Crippen MR) is 126 cm³/mol. The highest BCUT2D eigenvalue weighted by molar-refractivity contribution is 5.58. The van der Waals surface area contributed by atoms with Crippen LogP contribution in [0.2, 0.25) is 0 Å². The third-order valence-electron chi connectivity index (χ3n) is 5.15. The van der Waals surface area contributed by atoms with Gasteiger partial charge >= 0.3 is 0 Å². The third kappa shape index (κ3) is 7.50. The first kappa shape index (κ1) is 24.0. The quantitative estimate of drug-likeness (QED) is 0.197. The molecule has 0 heterocycles. The third-order valence-corrected chi connectivity index (χ3v) is 5.15. The van der Waals surface area contributed by atoms with Crippen LogP contribution in [0.25, 0.3) is 0 Å². The van der Waals surface area contributed by atoms with E-state index in [1.54, 1.807) is 19.1 Å². The molecule has 0 spiro atoms. The molecule has 0 aliphatic heterocycles. The Morgan fingerprint density at radius 3 is 2.32 bits per heavy atom. The summed E-state index contributed by atoms with van der Waals surface area (Å²) in [7, 11) is 0. The molecule has 0 bridgehead atoms. The number of nitrogens with zero attached hydrogens (tertiary/aromatic N) is 1. The maximum absolute atomic E-state index is 11.4. The van der Waals surface area contributed by atoms with Gasteiger partial charge in [-0.25, -0.2) is 0 Å². The molecule has 0 aliphatic rings. The van der Waals surface area contributed by atoms with Gasteiger partial charge in [0.15, 0.2) is 0 Å². The Kier molecular flexibility index (Phi) is 9.66. The number of hydrogen-bond donors (Lipinski definition) is 0. The second-order valence-electron chi connectivity index (χ2n) is 7.66. The maximum Gasteiger partial charge on any atom is 0.286 e. The van der Waals surface area contributed by atoms with Crippen LogP contribution in [0, 0.1) is 47.6 Å². The Balaban J connectivity index is 2.19. The van der Waals surface area contributed by atoms with E-state index in [2.05, 4.69) is 37.5 Å². The molecule has 2 aromatic carbocycles. The summed E-state index contributed by atoms with van der Waals surface area (Å²) in [5.74, 6) is 12.4. The van der Waals surface area contributed by atoms with Crippen LogP contribution < -0.4 is 4.74 Å². The fourth-order valence-electron chi connectivity index (χ4n) is 3.21. The number of aryl methyl sites for hydroxylation is 2. The van der Waals surface area contributed by atoms with Crippen molar-refractivity contribution in [3.63, 3.8) is 0 Å². The van der Waals surface area contributed by atoms with E-state index >= 15 is 0 Å². The van der Waals surface area contributed by atoms with E-state index in [1.165, 1.54) is 38.2 Å². The number of rotatable bonds is 9. The van der Waals surface area contributed by atoms with Crippen LogP contribution in [-0.4, -0.2) is 11.5 Å². The number of hydrogen-bond acceptors (Lipinski definition) is 3. The van der Waals surface area contributed by atoms with E-state index < -0.39 is 4.92 Å². The lowest BCUT2D eigenvalue weighted by Crippen LogP contribution is -2.00. The number of benzene rings is 2. The van der Waals surface area contributed by atoms with E-state index in [4.69, 9.17) is 4.74 Å². The molecular formula is C27H31NO3. The second kappa shape index (κ2) is 12.5. The first-order valence-corrected chi connectivity index (χ1v) is 10.9. The summed E-state index contributed by atoms with van der Waals surface area (Å²) in [4.78, 5) is 10.9. The molecule has 0 unspecified atom stereocenters. The van der Waals surface area contributed by atoms with Crippen LogP contribution in [0.5, 0.6) is 5.75 Å². The molecule has 0 radical (unpaired) electrons. The van der Waals surface area contributed by atoms with Crippen LogP contribution >= 0.6 is 0 Å². The van der Waals surface area contributed by atoms with Crippen molar-refractivity contribution in [2.45, 2.75) is 66.2 Å². The smallest absolute Gasteiger partial charge is 0.286 e. The molecule has 2 aromatic rings. The summed E-state index contributed by atoms with van der Waals surface area (Å²) in [6, 6.07) is 8.93. The number of nitro benzene ring substituents is 1. The highest BCUT2D eigenvalue weighted by Gasteiger charge is 2.12. The van der Waals surface area contributed by atoms with E-state index in [0.29, 0.717) is 17.7 Å². The van der Waals surface area contributed by atoms with Gasteiger partial charge in [0.1, 0.15) is 11.3 Å². The van der Waals surface area contributed by atoms with Crippen molar-refractivity contribution in [1.82, 2.24) is 0 Å². The molecular weight excluding hydrogens is 386 g/mol. The Bertz CT molecular complexity index is 1030. The van der Waals surface area contributed by atoms with Gasteiger partial charge < -0.3 is 4.74 Å². The van der Waals surface area contributed by atoms with Crippen molar-refractivity contribution in [2.75, 3.05) is 6.61 Å². The molecule has 31 heavy (non-hydrogen) atoms. The zero-order valence-electron chi connectivity index (χ0n) is 19.0. The van der Waals surface area contributed by atoms with Crippen molar-refractivity contribution in [3.8, 4) is 29.4 Å². The maximum atomic E-state index is 11.4. The van der Waals surface area contributed by atoms with Crippen molar-refractivity contribution in [2.24, 2.45) is 0 Å². The highest BCUT2D eigenvalue weighted by Crippen LogP contribution is 2.24. The van der Waals surface area contributed by atoms with Crippen molar-refractivity contribution >= 4 is 5.69 Å². The van der Waals surface area contributed by atoms with Crippen LogP contribution in [0.4, 0.5) is 5.69 Å². The lowest BCUT2D eigenvalue weighted by Gasteiger charge is -2.11. The van der Waals surface area contributed by atoms with Gasteiger partial charge in [0.25, 0.3) is 5.69 Å². The lowest BCUT2D eigenvalue weighted by molar-refractivity contribution is -0.385. The zero-order valence-corrected chi connectivity index (χ0v) is 19.0. The van der Waals surface area contributed by atoms with Gasteiger partial charge in [0.05, 0.1) is 17.1 Å². The molecule has 0 saturated heterocycles. The van der Waals surface area contributed by atoms with E-state index in [0.717, 1.165) is 28.9 Å². The summed E-state index contributed by atoms with van der Waals surface area (Å²) in [6.07, 6.45) is 7.26. The molecule has 4 nitrogen and oxygen atoms in total. The molecule has 162 valence electrons. The first-order valence-electron chi connectivity index (χ1n) is 10.9. The minimum absolute atomic E-state index is 0.0271. The van der Waals surface area contributed by atoms with Gasteiger partial charge in [-0.15, -0.1) is 5.92 Å². The predicted octanol–water partition coefficient (Wildman–Crippen LogP) is 6.72. The minimum atomic E-state index is -0.421. The number of nitro groups is 1. The summed E-state index contributed by atoms with van der Waals surface area (Å²) in [6.45, 7) is 8.64. The molecule has 0 fully saturated rings. The van der Waals surface area contributed by atoms with Gasteiger partial charge in [-0.3, -0.25) is 10.1 Å². The molecule has 0 saturated carbocycles. The van der Waals surface area contributed by atoms with Gasteiger partial charge in [-0.05, 0) is 62.6 Å². The van der Waals surface area contributed by atoms with Gasteiger partial charge in [0, 0.05) is 11.6 Å². The average Bonchev–Trinajstić information content (AvgIpc) is 2.75. The monoisotopic (exact) mass is 417 g/mol. The normalized spacial score (nSPS) is 9.94. The van der Waals surface area contributed by atoms with E-state index in [1.807, 2.05) is 19.1 Å². The molecule has 0 aromatic heterocycles. The molecule has 0 aliphatic carbocycles. The summed E-state index contributed by atoms with van der Waals surface area (Å²) < 4.78 is 6.05. The molecule has 0 amide bonds. The van der Waals surface area contributed by atoms with Crippen molar-refractivity contribution in [1.29, 1.82) is 0 Å². The van der Waals surface area contributed by atoms with E-state index in [9.17, 15) is 10.1 Å². The first-order chi connectivity index (χ1) is 15.0. The Morgan fingerprint density at radius 2 is 1.61 bits per heavy atom. The van der Waals surface area contributed by atoms with Crippen LogP contribution in [0.15, 0.2) is 30.3 Å².